The van der Waals surface area contributed by atoms with Crippen LogP contribution in [-0.2, 0) is 22.4 Å². The molecule has 41 heavy (non-hydrogen) atoms. The van der Waals surface area contributed by atoms with Crippen molar-refractivity contribution in [1.29, 1.82) is 0 Å². The first-order chi connectivity index (χ1) is 19.8. The molecule has 13 nitrogen and oxygen atoms in total. The molecular formula is C27H30FN7O6. The van der Waals surface area contributed by atoms with Gasteiger partial charge in [-0.3, -0.25) is 9.69 Å². The van der Waals surface area contributed by atoms with Crippen molar-refractivity contribution in [2.45, 2.75) is 37.3 Å². The van der Waals surface area contributed by atoms with Gasteiger partial charge in [-0.25, -0.2) is 24.1 Å². The summed E-state index contributed by atoms with van der Waals surface area (Å²) >= 11 is 0. The molecule has 7 rings (SSSR count). The molecule has 1 unspecified atom stereocenters. The van der Waals surface area contributed by atoms with Crippen LogP contribution >= 0.6 is 0 Å². The Labute approximate surface area is 234 Å². The highest BCUT2D eigenvalue weighted by Crippen LogP contribution is 2.38. The third-order valence-electron chi connectivity index (χ3n) is 8.52. The van der Waals surface area contributed by atoms with Crippen molar-refractivity contribution in [1.82, 2.24) is 25.2 Å². The predicted molar refractivity (Wildman–Crippen MR) is 142 cm³/mol. The number of ether oxygens (including phenoxy) is 2. The van der Waals surface area contributed by atoms with Crippen molar-refractivity contribution in [3.8, 4) is 5.88 Å². The maximum Gasteiger partial charge on any atom is 0.416 e. The van der Waals surface area contributed by atoms with Gasteiger partial charge in [0.15, 0.2) is 29.6 Å². The number of benzene rings is 1. The molecule has 216 valence electrons. The molecule has 3 aromatic rings. The first-order valence-electron chi connectivity index (χ1n) is 13.8. The minimum Gasteiger partial charge on any atom is -0.465 e. The molecule has 1 aliphatic carbocycles. The lowest BCUT2D eigenvalue weighted by molar-refractivity contribution is -0.118. The number of nitrogens with one attached hydrogen (secondary N) is 2. The van der Waals surface area contributed by atoms with Crippen LogP contribution in [0.15, 0.2) is 16.7 Å². The molecule has 2 amide bonds. The molecule has 0 saturated carbocycles. The summed E-state index contributed by atoms with van der Waals surface area (Å²) in [6.07, 6.45) is 3.66. The van der Waals surface area contributed by atoms with Gasteiger partial charge in [0.2, 0.25) is 5.89 Å². The van der Waals surface area contributed by atoms with Crippen LogP contribution in [0.25, 0.3) is 11.1 Å². The molecule has 0 radical (unpaired) electrons. The molecule has 14 heteroatoms. The van der Waals surface area contributed by atoms with Crippen LogP contribution in [0.5, 0.6) is 5.88 Å². The Morgan fingerprint density at radius 2 is 2.10 bits per heavy atom. The standard InChI is InChI=1S/C27H30FN7O6/c1-29-18(11-36)24-31-17-8-15-6-14(7-16(15)21(28)22(17)40-24)10-34-4-2-27(3-5-34)13-35(26(38)41-27)19-9-30-25-23(32-19)33-20(37)12-39-25/h8-9,14,18,29,36H,2-7,10-13H2,1H3,(H,32,33,37)/t14?,18-/m0/s1. The average Bonchev–Trinajstić information content (AvgIpc) is 3.66. The molecule has 0 bridgehead atoms. The molecule has 2 fully saturated rings. The van der Waals surface area contributed by atoms with E-state index in [1.807, 2.05) is 6.07 Å². The number of likely N-dealkylation sites (N-methyl/N-ethyl adjacent to an activating group) is 1. The zero-order valence-electron chi connectivity index (χ0n) is 22.5. The number of hydrogen-bond acceptors (Lipinski definition) is 11. The number of hydrogen-bond donors (Lipinski definition) is 3. The number of fused-ring (bicyclic) bond motifs is 3. The zero-order chi connectivity index (χ0) is 28.3. The number of amides is 2. The number of aromatic nitrogens is 3. The van der Waals surface area contributed by atoms with Gasteiger partial charge in [-0.2, -0.15) is 0 Å². The van der Waals surface area contributed by atoms with Crippen molar-refractivity contribution < 1.29 is 33.0 Å². The second kappa shape index (κ2) is 9.89. The first kappa shape index (κ1) is 26.0. The number of oxazole rings is 1. The van der Waals surface area contributed by atoms with Gasteiger partial charge in [0.1, 0.15) is 17.2 Å². The molecule has 2 saturated heterocycles. The maximum atomic E-state index is 15.4. The van der Waals surface area contributed by atoms with Crippen molar-refractivity contribution in [3.05, 3.63) is 35.1 Å². The molecule has 1 spiro atoms. The van der Waals surface area contributed by atoms with Crippen molar-refractivity contribution in [2.75, 3.05) is 56.7 Å². The lowest BCUT2D eigenvalue weighted by Crippen LogP contribution is -2.48. The van der Waals surface area contributed by atoms with Crippen LogP contribution in [0, 0.1) is 11.7 Å². The van der Waals surface area contributed by atoms with Crippen LogP contribution in [0.4, 0.5) is 20.8 Å². The monoisotopic (exact) mass is 567 g/mol. The van der Waals surface area contributed by atoms with E-state index in [1.165, 1.54) is 11.1 Å². The summed E-state index contributed by atoms with van der Waals surface area (Å²) in [5.74, 6) is 0.549. The first-order valence-corrected chi connectivity index (χ1v) is 13.8. The van der Waals surface area contributed by atoms with Crippen molar-refractivity contribution in [2.24, 2.45) is 5.92 Å². The Morgan fingerprint density at radius 1 is 1.27 bits per heavy atom. The fourth-order valence-electron chi connectivity index (χ4n) is 6.34. The Bertz CT molecular complexity index is 1530. The van der Waals surface area contributed by atoms with Gasteiger partial charge in [0.25, 0.3) is 11.8 Å². The highest BCUT2D eigenvalue weighted by Gasteiger charge is 2.48. The number of carbonyl (C=O) groups excluding carboxylic acids is 2. The zero-order valence-corrected chi connectivity index (χ0v) is 22.5. The van der Waals surface area contributed by atoms with Gasteiger partial charge in [0, 0.05) is 32.5 Å². The highest BCUT2D eigenvalue weighted by atomic mass is 19.1. The number of aliphatic hydroxyl groups is 1. The number of anilines is 2. The largest absolute Gasteiger partial charge is 0.465 e. The van der Waals surface area contributed by atoms with Crippen LogP contribution in [0.3, 0.4) is 0 Å². The summed E-state index contributed by atoms with van der Waals surface area (Å²) in [4.78, 5) is 41.2. The van der Waals surface area contributed by atoms with E-state index in [0.717, 1.165) is 31.6 Å². The number of aliphatic hydroxyl groups excluding tert-OH is 1. The lowest BCUT2D eigenvalue weighted by Gasteiger charge is -2.38. The fourth-order valence-corrected chi connectivity index (χ4v) is 6.34. The summed E-state index contributed by atoms with van der Waals surface area (Å²) in [5, 5.41) is 15.0. The number of carbonyl (C=O) groups is 2. The number of likely N-dealkylation sites (tertiary alicyclic amines) is 1. The van der Waals surface area contributed by atoms with E-state index in [-0.39, 0.29) is 54.0 Å². The number of rotatable bonds is 6. The quantitative estimate of drug-likeness (QED) is 0.397. The summed E-state index contributed by atoms with van der Waals surface area (Å²) in [7, 11) is 1.69. The van der Waals surface area contributed by atoms with Crippen LogP contribution < -0.4 is 20.3 Å². The number of nitrogens with zero attached hydrogens (tertiary/aromatic N) is 5. The lowest BCUT2D eigenvalue weighted by atomic mass is 9.90. The fraction of sp³-hybridized carbons (Fsp3) is 0.519. The average molecular weight is 568 g/mol. The Kier molecular flexibility index (Phi) is 6.28. The van der Waals surface area contributed by atoms with Crippen LogP contribution in [0.2, 0.25) is 0 Å². The van der Waals surface area contributed by atoms with E-state index in [9.17, 15) is 14.7 Å². The van der Waals surface area contributed by atoms with E-state index >= 15 is 4.39 Å². The molecule has 1 aromatic carbocycles. The second-order valence-corrected chi connectivity index (χ2v) is 11.2. The Hall–Kier alpha value is -3.88. The topological polar surface area (TPSA) is 155 Å². The van der Waals surface area contributed by atoms with Gasteiger partial charge in [0.05, 0.1) is 19.3 Å². The van der Waals surface area contributed by atoms with E-state index < -0.39 is 17.7 Å². The van der Waals surface area contributed by atoms with E-state index in [2.05, 4.69) is 30.5 Å². The van der Waals surface area contributed by atoms with Gasteiger partial charge in [-0.05, 0) is 43.0 Å². The summed E-state index contributed by atoms with van der Waals surface area (Å²) in [5.41, 5.74) is 1.61. The highest BCUT2D eigenvalue weighted by molar-refractivity contribution is 5.94. The normalized spacial score (nSPS) is 22.4. The van der Waals surface area contributed by atoms with Crippen molar-refractivity contribution >= 4 is 34.7 Å². The summed E-state index contributed by atoms with van der Waals surface area (Å²) < 4.78 is 32.2. The molecule has 3 N–H and O–H groups in total. The van der Waals surface area contributed by atoms with Crippen molar-refractivity contribution in [3.63, 3.8) is 0 Å². The number of piperidine rings is 1. The maximum absolute atomic E-state index is 15.4. The van der Waals surface area contributed by atoms with Gasteiger partial charge < -0.3 is 34.5 Å². The summed E-state index contributed by atoms with van der Waals surface area (Å²) in [6.45, 7) is 2.33. The third-order valence-corrected chi connectivity index (χ3v) is 8.52. The molecular weight excluding hydrogens is 537 g/mol. The smallest absolute Gasteiger partial charge is 0.416 e. The Balaban J connectivity index is 0.980. The molecule has 3 aliphatic heterocycles. The van der Waals surface area contributed by atoms with Crippen LogP contribution in [0.1, 0.15) is 35.9 Å². The minimum absolute atomic E-state index is 0.122. The Morgan fingerprint density at radius 3 is 2.88 bits per heavy atom. The molecule has 2 atom stereocenters. The van der Waals surface area contributed by atoms with E-state index in [1.54, 1.807) is 7.05 Å². The molecule has 5 heterocycles. The van der Waals surface area contributed by atoms with E-state index in [4.69, 9.17) is 13.9 Å². The molecule has 2 aromatic heterocycles. The predicted octanol–water partition coefficient (Wildman–Crippen LogP) is 1.55. The van der Waals surface area contributed by atoms with Gasteiger partial charge >= 0.3 is 6.09 Å². The molecule has 4 aliphatic rings. The van der Waals surface area contributed by atoms with Gasteiger partial charge in [-0.1, -0.05) is 0 Å². The van der Waals surface area contributed by atoms with E-state index in [0.29, 0.717) is 42.7 Å². The summed E-state index contributed by atoms with van der Waals surface area (Å²) in [6, 6.07) is 1.42. The van der Waals surface area contributed by atoms with Gasteiger partial charge in [-0.15, -0.1) is 0 Å². The number of halogens is 1. The van der Waals surface area contributed by atoms with Crippen LogP contribution in [-0.4, -0.2) is 89.0 Å². The minimum atomic E-state index is -0.622. The third kappa shape index (κ3) is 4.55. The SMILES string of the molecule is CN[C@@H](CO)c1nc2cc3c(c(F)c2o1)CC(CN1CCC2(CC1)CN(c1cnc4c(n1)NC(=O)CO4)C(=O)O2)C3. The second-order valence-electron chi connectivity index (χ2n) is 11.2.